The number of aryl methyl sites for hydroxylation is 1. The van der Waals surface area contributed by atoms with E-state index in [1.807, 2.05) is 18.2 Å². The first kappa shape index (κ1) is 15.9. The normalized spacial score (nSPS) is 26.8. The van der Waals surface area contributed by atoms with E-state index in [9.17, 15) is 4.79 Å². The van der Waals surface area contributed by atoms with Crippen molar-refractivity contribution in [2.75, 3.05) is 0 Å². The van der Waals surface area contributed by atoms with E-state index in [1.165, 1.54) is 25.7 Å². The summed E-state index contributed by atoms with van der Waals surface area (Å²) in [6, 6.07) is 5.89. The number of H-pyrrole nitrogens is 1. The standard InChI is InChI=1S/C19H24ClN3O/c1-11(15-9-12-2-3-13(15)8-12)21-19(24)7-6-18-22-16-5-4-14(20)10-17(16)23-18/h4-5,10-13,15H,2-3,6-9H2,1H3,(H,21,24)(H,22,23). The minimum Gasteiger partial charge on any atom is -0.353 e. The number of amides is 1. The van der Waals surface area contributed by atoms with Crippen molar-refractivity contribution in [3.63, 3.8) is 0 Å². The van der Waals surface area contributed by atoms with Crippen LogP contribution in [0.25, 0.3) is 11.0 Å². The largest absolute Gasteiger partial charge is 0.353 e. The van der Waals surface area contributed by atoms with Gasteiger partial charge in [0.25, 0.3) is 0 Å². The molecule has 2 aromatic rings. The zero-order valence-electron chi connectivity index (χ0n) is 14.0. The molecule has 0 aliphatic heterocycles. The first-order valence-corrected chi connectivity index (χ1v) is 9.40. The van der Waals surface area contributed by atoms with E-state index in [1.54, 1.807) is 0 Å². The van der Waals surface area contributed by atoms with Gasteiger partial charge in [-0.1, -0.05) is 18.0 Å². The molecule has 2 fully saturated rings. The summed E-state index contributed by atoms with van der Waals surface area (Å²) < 4.78 is 0. The highest BCUT2D eigenvalue weighted by molar-refractivity contribution is 6.31. The summed E-state index contributed by atoms with van der Waals surface area (Å²) >= 11 is 5.99. The van der Waals surface area contributed by atoms with Gasteiger partial charge in [0.2, 0.25) is 5.91 Å². The molecule has 2 saturated carbocycles. The highest BCUT2D eigenvalue weighted by Gasteiger charge is 2.42. The summed E-state index contributed by atoms with van der Waals surface area (Å²) in [6.45, 7) is 2.17. The van der Waals surface area contributed by atoms with Crippen molar-refractivity contribution in [3.05, 3.63) is 29.0 Å². The van der Waals surface area contributed by atoms with E-state index >= 15 is 0 Å². The number of fused-ring (bicyclic) bond motifs is 3. The second kappa shape index (κ2) is 6.40. The molecule has 2 bridgehead atoms. The summed E-state index contributed by atoms with van der Waals surface area (Å²) in [5.74, 6) is 3.41. The Labute approximate surface area is 147 Å². The third-order valence-electron chi connectivity index (χ3n) is 5.91. The second-order valence-corrected chi connectivity index (χ2v) is 7.98. The fraction of sp³-hybridized carbons (Fsp3) is 0.579. The minimum absolute atomic E-state index is 0.128. The van der Waals surface area contributed by atoms with Crippen LogP contribution in [-0.4, -0.2) is 21.9 Å². The van der Waals surface area contributed by atoms with Gasteiger partial charge >= 0.3 is 0 Å². The average Bonchev–Trinajstić information content (AvgIpc) is 3.27. The van der Waals surface area contributed by atoms with Crippen LogP contribution in [0.15, 0.2) is 18.2 Å². The molecule has 2 aliphatic rings. The molecule has 0 spiro atoms. The molecule has 2 N–H and O–H groups in total. The van der Waals surface area contributed by atoms with Crippen LogP contribution in [0.3, 0.4) is 0 Å². The maximum atomic E-state index is 12.3. The number of aromatic amines is 1. The third kappa shape index (κ3) is 3.16. The van der Waals surface area contributed by atoms with Crippen molar-refractivity contribution >= 4 is 28.5 Å². The first-order valence-electron chi connectivity index (χ1n) is 9.02. The Balaban J connectivity index is 1.31. The number of hydrogen-bond donors (Lipinski definition) is 2. The van der Waals surface area contributed by atoms with Crippen molar-refractivity contribution in [1.29, 1.82) is 0 Å². The zero-order valence-corrected chi connectivity index (χ0v) is 14.8. The molecule has 128 valence electrons. The molecule has 4 rings (SSSR count). The van der Waals surface area contributed by atoms with Crippen molar-refractivity contribution in [1.82, 2.24) is 15.3 Å². The molecule has 4 atom stereocenters. The molecule has 24 heavy (non-hydrogen) atoms. The number of carbonyl (C=O) groups is 1. The van der Waals surface area contributed by atoms with Crippen LogP contribution in [0.5, 0.6) is 0 Å². The maximum Gasteiger partial charge on any atom is 0.220 e. The van der Waals surface area contributed by atoms with Gasteiger partial charge in [0.15, 0.2) is 0 Å². The fourth-order valence-electron chi connectivity index (χ4n) is 4.72. The lowest BCUT2D eigenvalue weighted by Gasteiger charge is -2.28. The molecule has 0 saturated heterocycles. The third-order valence-corrected chi connectivity index (χ3v) is 6.14. The molecule has 1 amide bonds. The Kier molecular flexibility index (Phi) is 4.25. The van der Waals surface area contributed by atoms with Gasteiger partial charge in [0, 0.05) is 23.9 Å². The van der Waals surface area contributed by atoms with Crippen LogP contribution in [0.2, 0.25) is 5.02 Å². The van der Waals surface area contributed by atoms with Gasteiger partial charge in [0.1, 0.15) is 5.82 Å². The summed E-state index contributed by atoms with van der Waals surface area (Å²) in [4.78, 5) is 20.1. The molecule has 4 unspecified atom stereocenters. The lowest BCUT2D eigenvalue weighted by Crippen LogP contribution is -2.40. The Morgan fingerprint density at radius 2 is 2.29 bits per heavy atom. The summed E-state index contributed by atoms with van der Waals surface area (Å²) in [5, 5.41) is 3.91. The molecule has 1 aromatic heterocycles. The van der Waals surface area contributed by atoms with Gasteiger partial charge in [-0.15, -0.1) is 0 Å². The lowest BCUT2D eigenvalue weighted by molar-refractivity contribution is -0.122. The van der Waals surface area contributed by atoms with Crippen LogP contribution >= 0.6 is 11.6 Å². The SMILES string of the molecule is CC(NC(=O)CCc1nc2ccc(Cl)cc2[nH]1)C1CC2CCC1C2. The molecular weight excluding hydrogens is 322 g/mol. The highest BCUT2D eigenvalue weighted by Crippen LogP contribution is 2.49. The van der Waals surface area contributed by atoms with Gasteiger partial charge in [-0.05, 0) is 62.1 Å². The first-order chi connectivity index (χ1) is 11.6. The molecule has 1 aromatic carbocycles. The van der Waals surface area contributed by atoms with Crippen LogP contribution < -0.4 is 5.32 Å². The minimum atomic E-state index is 0.128. The zero-order chi connectivity index (χ0) is 16.7. The van der Waals surface area contributed by atoms with Gasteiger partial charge < -0.3 is 10.3 Å². The van der Waals surface area contributed by atoms with E-state index < -0.39 is 0 Å². The fourth-order valence-corrected chi connectivity index (χ4v) is 4.90. The predicted octanol–water partition coefficient (Wildman–Crippen LogP) is 4.09. The number of benzene rings is 1. The molecular formula is C19H24ClN3O. The Bertz CT molecular complexity index is 756. The number of imidazole rings is 1. The number of nitrogens with one attached hydrogen (secondary N) is 2. The van der Waals surface area contributed by atoms with Crippen molar-refractivity contribution in [3.8, 4) is 0 Å². The molecule has 1 heterocycles. The van der Waals surface area contributed by atoms with Gasteiger partial charge in [-0.3, -0.25) is 4.79 Å². The topological polar surface area (TPSA) is 57.8 Å². The number of nitrogens with zero attached hydrogens (tertiary/aromatic N) is 1. The van der Waals surface area contributed by atoms with E-state index in [0.29, 0.717) is 29.8 Å². The highest BCUT2D eigenvalue weighted by atomic mass is 35.5. The number of aromatic nitrogens is 2. The molecule has 4 nitrogen and oxygen atoms in total. The molecule has 2 aliphatic carbocycles. The van der Waals surface area contributed by atoms with Crippen molar-refractivity contribution < 1.29 is 4.79 Å². The smallest absolute Gasteiger partial charge is 0.220 e. The van der Waals surface area contributed by atoms with Crippen LogP contribution in [0, 0.1) is 17.8 Å². The number of hydrogen-bond acceptors (Lipinski definition) is 2. The number of carbonyl (C=O) groups excluding carboxylic acids is 1. The second-order valence-electron chi connectivity index (χ2n) is 7.54. The van der Waals surface area contributed by atoms with E-state index in [0.717, 1.165) is 28.7 Å². The number of halogens is 1. The van der Waals surface area contributed by atoms with Crippen LogP contribution in [0.1, 0.15) is 44.9 Å². The van der Waals surface area contributed by atoms with Gasteiger partial charge in [0.05, 0.1) is 11.0 Å². The maximum absolute atomic E-state index is 12.3. The van der Waals surface area contributed by atoms with Crippen molar-refractivity contribution in [2.45, 2.75) is 51.5 Å². The number of rotatable bonds is 5. The molecule has 0 radical (unpaired) electrons. The van der Waals surface area contributed by atoms with Crippen LogP contribution in [-0.2, 0) is 11.2 Å². The monoisotopic (exact) mass is 345 g/mol. The Hall–Kier alpha value is -1.55. The quantitative estimate of drug-likeness (QED) is 0.857. The Morgan fingerprint density at radius 1 is 1.42 bits per heavy atom. The summed E-state index contributed by atoms with van der Waals surface area (Å²) in [6.07, 6.45) is 6.54. The lowest BCUT2D eigenvalue weighted by atomic mass is 9.84. The van der Waals surface area contributed by atoms with Crippen LogP contribution in [0.4, 0.5) is 0 Å². The van der Waals surface area contributed by atoms with Gasteiger partial charge in [-0.2, -0.15) is 0 Å². The average molecular weight is 346 g/mol. The van der Waals surface area contributed by atoms with Crippen molar-refractivity contribution in [2.24, 2.45) is 17.8 Å². The predicted molar refractivity (Wildman–Crippen MR) is 96.0 cm³/mol. The summed E-state index contributed by atoms with van der Waals surface area (Å²) in [5.41, 5.74) is 1.82. The molecule has 5 heteroatoms. The summed E-state index contributed by atoms with van der Waals surface area (Å²) in [7, 11) is 0. The van der Waals surface area contributed by atoms with E-state index in [4.69, 9.17) is 11.6 Å². The van der Waals surface area contributed by atoms with Gasteiger partial charge in [-0.25, -0.2) is 4.98 Å². The Morgan fingerprint density at radius 3 is 3.04 bits per heavy atom. The van der Waals surface area contributed by atoms with E-state index in [-0.39, 0.29) is 5.91 Å². The van der Waals surface area contributed by atoms with E-state index in [2.05, 4.69) is 22.2 Å².